The summed E-state index contributed by atoms with van der Waals surface area (Å²) in [6.45, 7) is 0. The van der Waals surface area contributed by atoms with Crippen molar-refractivity contribution >= 4 is 21.4 Å². The average Bonchev–Trinajstić information content (AvgIpc) is 2.66. The van der Waals surface area contributed by atoms with E-state index in [1.165, 1.54) is 0 Å². The molecule has 2 rings (SSSR count). The highest BCUT2D eigenvalue weighted by Gasteiger charge is 2.33. The predicted octanol–water partition coefficient (Wildman–Crippen LogP) is 1.99. The number of rotatable bonds is 2. The highest BCUT2D eigenvalue weighted by atomic mass is 35.5. The second kappa shape index (κ2) is 4.35. The van der Waals surface area contributed by atoms with Gasteiger partial charge in [0.15, 0.2) is 9.84 Å². The maximum atomic E-state index is 12.2. The smallest absolute Gasteiger partial charge is 0.181 e. The molecule has 0 spiro atoms. The van der Waals surface area contributed by atoms with Crippen LogP contribution in [0, 0.1) is 0 Å². The highest BCUT2D eigenvalue weighted by Crippen LogP contribution is 2.29. The summed E-state index contributed by atoms with van der Waals surface area (Å²) in [6, 6.07) is 6.34. The molecular formula is C11H14ClNO2S. The maximum Gasteiger partial charge on any atom is 0.181 e. The molecule has 2 N–H and O–H groups in total. The fourth-order valence-corrected chi connectivity index (χ4v) is 4.05. The van der Waals surface area contributed by atoms with Crippen LogP contribution in [0.15, 0.2) is 29.2 Å². The fraction of sp³-hybridized carbons (Fsp3) is 0.455. The van der Waals surface area contributed by atoms with Gasteiger partial charge >= 0.3 is 0 Å². The molecular weight excluding hydrogens is 246 g/mol. The first-order valence-electron chi connectivity index (χ1n) is 5.25. The van der Waals surface area contributed by atoms with Crippen molar-refractivity contribution in [3.8, 4) is 0 Å². The molecule has 0 aliphatic heterocycles. The van der Waals surface area contributed by atoms with E-state index in [0.29, 0.717) is 22.8 Å². The van der Waals surface area contributed by atoms with E-state index < -0.39 is 9.84 Å². The van der Waals surface area contributed by atoms with Gasteiger partial charge in [-0.15, -0.1) is 0 Å². The number of benzene rings is 1. The minimum absolute atomic E-state index is 0.0204. The van der Waals surface area contributed by atoms with Gasteiger partial charge in [0.05, 0.1) is 10.1 Å². The monoisotopic (exact) mass is 259 g/mol. The van der Waals surface area contributed by atoms with Gasteiger partial charge in [0.2, 0.25) is 0 Å². The Kier molecular flexibility index (Phi) is 3.24. The summed E-state index contributed by atoms with van der Waals surface area (Å²) in [6.07, 6.45) is 2.01. The summed E-state index contributed by atoms with van der Waals surface area (Å²) in [4.78, 5) is 0.344. The zero-order valence-corrected chi connectivity index (χ0v) is 10.3. The number of hydrogen-bond acceptors (Lipinski definition) is 3. The third-order valence-electron chi connectivity index (χ3n) is 3.01. The van der Waals surface area contributed by atoms with Crippen molar-refractivity contribution in [1.82, 2.24) is 0 Å². The lowest BCUT2D eigenvalue weighted by Crippen LogP contribution is -2.22. The summed E-state index contributed by atoms with van der Waals surface area (Å²) in [5, 5.41) is 0.214. The Morgan fingerprint density at radius 2 is 1.81 bits per heavy atom. The number of sulfone groups is 1. The second-order valence-electron chi connectivity index (χ2n) is 4.19. The first-order chi connectivity index (χ1) is 7.50. The Labute approximate surface area is 101 Å². The lowest BCUT2D eigenvalue weighted by molar-refractivity contribution is 0.578. The van der Waals surface area contributed by atoms with Crippen LogP contribution in [0.2, 0.25) is 5.02 Å². The minimum atomic E-state index is -3.23. The molecule has 1 fully saturated rings. The molecule has 0 heterocycles. The normalized spacial score (nSPS) is 25.9. The Morgan fingerprint density at radius 1 is 1.19 bits per heavy atom. The lowest BCUT2D eigenvalue weighted by Gasteiger charge is -2.11. The van der Waals surface area contributed by atoms with Crippen molar-refractivity contribution in [3.05, 3.63) is 29.3 Å². The van der Waals surface area contributed by atoms with Crippen molar-refractivity contribution in [3.63, 3.8) is 0 Å². The van der Waals surface area contributed by atoms with E-state index in [0.717, 1.165) is 6.42 Å². The van der Waals surface area contributed by atoms with Gasteiger partial charge < -0.3 is 5.73 Å². The molecule has 0 bridgehead atoms. The third kappa shape index (κ3) is 2.24. The van der Waals surface area contributed by atoms with Crippen molar-refractivity contribution in [2.45, 2.75) is 35.4 Å². The summed E-state index contributed by atoms with van der Waals surface area (Å²) in [5.41, 5.74) is 5.74. The van der Waals surface area contributed by atoms with Crippen LogP contribution in [0.1, 0.15) is 19.3 Å². The van der Waals surface area contributed by atoms with Crippen LogP contribution in [0.4, 0.5) is 0 Å². The van der Waals surface area contributed by atoms with Gasteiger partial charge in [-0.3, -0.25) is 0 Å². The molecule has 0 aromatic heterocycles. The Balaban J connectivity index is 2.29. The van der Waals surface area contributed by atoms with Crippen molar-refractivity contribution < 1.29 is 8.42 Å². The number of nitrogens with two attached hydrogens (primary N) is 1. The highest BCUT2D eigenvalue weighted by molar-refractivity contribution is 7.92. The molecule has 1 aromatic carbocycles. The summed E-state index contributed by atoms with van der Waals surface area (Å²) in [7, 11) is -3.23. The Hall–Kier alpha value is -0.580. The van der Waals surface area contributed by atoms with E-state index in [2.05, 4.69) is 0 Å². The van der Waals surface area contributed by atoms with E-state index in [1.54, 1.807) is 24.3 Å². The van der Waals surface area contributed by atoms with E-state index in [9.17, 15) is 8.42 Å². The molecule has 3 nitrogen and oxygen atoms in total. The second-order valence-corrected chi connectivity index (χ2v) is 6.86. The predicted molar refractivity (Wildman–Crippen MR) is 64.3 cm³/mol. The summed E-state index contributed by atoms with van der Waals surface area (Å²) < 4.78 is 24.4. The fourth-order valence-electron chi connectivity index (χ4n) is 2.07. The van der Waals surface area contributed by atoms with Crippen molar-refractivity contribution in [2.24, 2.45) is 5.73 Å². The molecule has 88 valence electrons. The molecule has 0 radical (unpaired) electrons. The van der Waals surface area contributed by atoms with Gasteiger partial charge in [-0.2, -0.15) is 0 Å². The molecule has 2 atom stereocenters. The van der Waals surface area contributed by atoms with Crippen molar-refractivity contribution in [1.29, 1.82) is 0 Å². The zero-order chi connectivity index (χ0) is 11.8. The van der Waals surface area contributed by atoms with Gasteiger partial charge in [-0.25, -0.2) is 8.42 Å². The minimum Gasteiger partial charge on any atom is -0.328 e. The molecule has 16 heavy (non-hydrogen) atoms. The van der Waals surface area contributed by atoms with Gasteiger partial charge in [-0.1, -0.05) is 11.6 Å². The van der Waals surface area contributed by atoms with Crippen LogP contribution in [0.3, 0.4) is 0 Å². The van der Waals surface area contributed by atoms with Crippen LogP contribution in [-0.2, 0) is 9.84 Å². The average molecular weight is 260 g/mol. The van der Waals surface area contributed by atoms with E-state index in [1.807, 2.05) is 0 Å². The van der Waals surface area contributed by atoms with Crippen LogP contribution in [0.5, 0.6) is 0 Å². The van der Waals surface area contributed by atoms with Gasteiger partial charge in [0.1, 0.15) is 0 Å². The van der Waals surface area contributed by atoms with Gasteiger partial charge in [-0.05, 0) is 43.5 Å². The molecule has 5 heteroatoms. The largest absolute Gasteiger partial charge is 0.328 e. The molecule has 0 saturated heterocycles. The summed E-state index contributed by atoms with van der Waals surface area (Å²) >= 11 is 5.73. The van der Waals surface area contributed by atoms with Gasteiger partial charge in [0.25, 0.3) is 0 Å². The molecule has 1 aromatic rings. The number of halogens is 1. The molecule has 1 aliphatic rings. The van der Waals surface area contributed by atoms with Crippen LogP contribution < -0.4 is 5.73 Å². The van der Waals surface area contributed by atoms with Gasteiger partial charge in [0, 0.05) is 11.1 Å². The molecule has 1 saturated carbocycles. The van der Waals surface area contributed by atoms with E-state index >= 15 is 0 Å². The zero-order valence-electron chi connectivity index (χ0n) is 8.77. The Morgan fingerprint density at radius 3 is 2.31 bits per heavy atom. The van der Waals surface area contributed by atoms with Crippen LogP contribution >= 0.6 is 11.6 Å². The summed E-state index contributed by atoms with van der Waals surface area (Å²) in [5.74, 6) is 0. The van der Waals surface area contributed by atoms with Crippen LogP contribution in [-0.4, -0.2) is 19.7 Å². The van der Waals surface area contributed by atoms with E-state index in [-0.39, 0.29) is 11.3 Å². The van der Waals surface area contributed by atoms with Crippen molar-refractivity contribution in [2.75, 3.05) is 0 Å². The third-order valence-corrected chi connectivity index (χ3v) is 5.49. The first kappa shape index (κ1) is 11.9. The number of hydrogen-bond donors (Lipinski definition) is 1. The first-order valence-corrected chi connectivity index (χ1v) is 7.17. The molecule has 1 aliphatic carbocycles. The quantitative estimate of drug-likeness (QED) is 0.884. The standard InChI is InChI=1S/C11H14ClNO2S/c12-8-1-4-10(5-2-8)16(14,15)11-6-3-9(13)7-11/h1-2,4-5,9,11H,3,6-7,13H2. The SMILES string of the molecule is NC1CCC(S(=O)(=O)c2ccc(Cl)cc2)C1. The molecule has 0 amide bonds. The van der Waals surface area contributed by atoms with E-state index in [4.69, 9.17) is 17.3 Å². The lowest BCUT2D eigenvalue weighted by atomic mass is 10.3. The topological polar surface area (TPSA) is 60.2 Å². The molecule has 2 unspecified atom stereocenters. The maximum absolute atomic E-state index is 12.2. The van der Waals surface area contributed by atoms with Crippen LogP contribution in [0.25, 0.3) is 0 Å². The Bertz CT molecular complexity index is 469.